The lowest BCUT2D eigenvalue weighted by molar-refractivity contribution is -0.124. The zero-order chi connectivity index (χ0) is 20.3. The van der Waals surface area contributed by atoms with Gasteiger partial charge in [0.25, 0.3) is 17.7 Å². The number of benzene rings is 2. The maximum atomic E-state index is 12.7. The van der Waals surface area contributed by atoms with E-state index in [9.17, 15) is 19.2 Å². The first-order valence-electron chi connectivity index (χ1n) is 8.25. The minimum absolute atomic E-state index is 0.0642. The fraction of sp³-hybridized carbons (Fsp3) is 0.100. The smallest absolute Gasteiger partial charge is 0.338 e. The molecule has 28 heavy (non-hydrogen) atoms. The SMILES string of the molecule is C=CCNC(=O)COC(=O)c1ccc2c(c1)C(=O)N(c1ccc(Cl)cc1)C2=O. The summed E-state index contributed by atoms with van der Waals surface area (Å²) < 4.78 is 4.92. The van der Waals surface area contributed by atoms with Gasteiger partial charge in [-0.25, -0.2) is 9.69 Å². The van der Waals surface area contributed by atoms with Crippen LogP contribution in [-0.4, -0.2) is 36.8 Å². The van der Waals surface area contributed by atoms with Crippen molar-refractivity contribution in [1.29, 1.82) is 0 Å². The van der Waals surface area contributed by atoms with Crippen molar-refractivity contribution in [3.05, 3.63) is 76.8 Å². The number of anilines is 1. The number of rotatable bonds is 6. The highest BCUT2D eigenvalue weighted by molar-refractivity contribution is 6.35. The Morgan fingerprint density at radius 2 is 1.75 bits per heavy atom. The van der Waals surface area contributed by atoms with Crippen LogP contribution in [0.5, 0.6) is 0 Å². The summed E-state index contributed by atoms with van der Waals surface area (Å²) in [6.07, 6.45) is 1.50. The number of hydrogen-bond acceptors (Lipinski definition) is 5. The molecule has 1 N–H and O–H groups in total. The molecule has 0 radical (unpaired) electrons. The van der Waals surface area contributed by atoms with E-state index in [1.807, 2.05) is 0 Å². The Bertz CT molecular complexity index is 985. The number of halogens is 1. The molecule has 0 aromatic heterocycles. The Hall–Kier alpha value is -3.45. The molecule has 1 aliphatic heterocycles. The molecule has 7 nitrogen and oxygen atoms in total. The van der Waals surface area contributed by atoms with Gasteiger partial charge in [0, 0.05) is 11.6 Å². The van der Waals surface area contributed by atoms with Crippen molar-refractivity contribution in [3.63, 3.8) is 0 Å². The molecule has 142 valence electrons. The van der Waals surface area contributed by atoms with Crippen LogP contribution >= 0.6 is 11.6 Å². The summed E-state index contributed by atoms with van der Waals surface area (Å²) in [6, 6.07) is 10.3. The van der Waals surface area contributed by atoms with Crippen molar-refractivity contribution >= 4 is 41.0 Å². The highest BCUT2D eigenvalue weighted by Gasteiger charge is 2.37. The van der Waals surface area contributed by atoms with Gasteiger partial charge in [-0.15, -0.1) is 6.58 Å². The van der Waals surface area contributed by atoms with Gasteiger partial charge >= 0.3 is 5.97 Å². The van der Waals surface area contributed by atoms with E-state index >= 15 is 0 Å². The third-order valence-corrected chi connectivity index (χ3v) is 4.24. The first-order chi connectivity index (χ1) is 13.4. The average Bonchev–Trinajstić information content (AvgIpc) is 2.95. The van der Waals surface area contributed by atoms with E-state index in [4.69, 9.17) is 16.3 Å². The molecule has 2 aromatic rings. The van der Waals surface area contributed by atoms with Crippen LogP contribution in [0.4, 0.5) is 5.69 Å². The molecule has 3 rings (SSSR count). The maximum absolute atomic E-state index is 12.7. The van der Waals surface area contributed by atoms with Crippen molar-refractivity contribution in [3.8, 4) is 0 Å². The second kappa shape index (κ2) is 8.06. The highest BCUT2D eigenvalue weighted by Crippen LogP contribution is 2.30. The number of carbonyl (C=O) groups excluding carboxylic acids is 4. The van der Waals surface area contributed by atoms with Gasteiger partial charge in [-0.2, -0.15) is 0 Å². The van der Waals surface area contributed by atoms with Crippen LogP contribution in [0, 0.1) is 0 Å². The number of nitrogens with zero attached hydrogens (tertiary/aromatic N) is 1. The van der Waals surface area contributed by atoms with Gasteiger partial charge in [0.2, 0.25) is 0 Å². The van der Waals surface area contributed by atoms with Gasteiger partial charge in [-0.3, -0.25) is 14.4 Å². The van der Waals surface area contributed by atoms with Crippen molar-refractivity contribution in [1.82, 2.24) is 5.32 Å². The molecule has 0 atom stereocenters. The summed E-state index contributed by atoms with van der Waals surface area (Å²) in [5.74, 6) is -2.30. The molecule has 0 spiro atoms. The van der Waals surface area contributed by atoms with Crippen LogP contribution in [0.15, 0.2) is 55.1 Å². The number of fused-ring (bicyclic) bond motifs is 1. The fourth-order valence-corrected chi connectivity index (χ4v) is 2.77. The van der Waals surface area contributed by atoms with E-state index in [2.05, 4.69) is 11.9 Å². The van der Waals surface area contributed by atoms with Gasteiger partial charge < -0.3 is 10.1 Å². The van der Waals surface area contributed by atoms with E-state index in [-0.39, 0.29) is 23.2 Å². The Labute approximate surface area is 165 Å². The molecular formula is C20H15ClN2O5. The molecule has 1 heterocycles. The summed E-state index contributed by atoms with van der Waals surface area (Å²) in [5, 5.41) is 2.95. The summed E-state index contributed by atoms with van der Waals surface area (Å²) in [5.41, 5.74) is 0.707. The van der Waals surface area contributed by atoms with E-state index in [0.717, 1.165) is 4.90 Å². The average molecular weight is 399 g/mol. The van der Waals surface area contributed by atoms with Crippen LogP contribution in [0.1, 0.15) is 31.1 Å². The predicted molar refractivity (Wildman–Crippen MR) is 103 cm³/mol. The molecule has 0 saturated carbocycles. The lowest BCUT2D eigenvalue weighted by atomic mass is 10.1. The zero-order valence-electron chi connectivity index (χ0n) is 14.6. The summed E-state index contributed by atoms with van der Waals surface area (Å²) in [4.78, 5) is 49.9. The summed E-state index contributed by atoms with van der Waals surface area (Å²) >= 11 is 5.84. The number of amides is 3. The second-order valence-corrected chi connectivity index (χ2v) is 6.29. The number of carbonyl (C=O) groups is 4. The highest BCUT2D eigenvalue weighted by atomic mass is 35.5. The third kappa shape index (κ3) is 3.79. The summed E-state index contributed by atoms with van der Waals surface area (Å²) in [7, 11) is 0. The molecule has 3 amide bonds. The number of hydrogen-bond donors (Lipinski definition) is 1. The Kier molecular flexibility index (Phi) is 5.56. The van der Waals surface area contributed by atoms with Crippen LogP contribution in [0.3, 0.4) is 0 Å². The van der Waals surface area contributed by atoms with Crippen molar-refractivity contribution in [2.24, 2.45) is 0 Å². The standard InChI is InChI=1S/C20H15ClN2O5/c1-2-9-22-17(24)11-28-20(27)12-3-8-15-16(10-12)19(26)23(18(15)25)14-6-4-13(21)5-7-14/h2-8,10H,1,9,11H2,(H,22,24). The first kappa shape index (κ1) is 19.3. The topological polar surface area (TPSA) is 92.8 Å². The number of nitrogens with one attached hydrogen (secondary N) is 1. The van der Waals surface area contributed by atoms with Crippen LogP contribution in [0.2, 0.25) is 5.02 Å². The quantitative estimate of drug-likeness (QED) is 0.458. The van der Waals surface area contributed by atoms with Crippen LogP contribution in [0.25, 0.3) is 0 Å². The van der Waals surface area contributed by atoms with Crippen molar-refractivity contribution in [2.75, 3.05) is 18.1 Å². The Morgan fingerprint density at radius 3 is 2.43 bits per heavy atom. The van der Waals surface area contributed by atoms with Crippen molar-refractivity contribution < 1.29 is 23.9 Å². The minimum atomic E-state index is -0.776. The second-order valence-electron chi connectivity index (χ2n) is 5.85. The number of ether oxygens (including phenoxy) is 1. The van der Waals surface area contributed by atoms with E-state index in [0.29, 0.717) is 10.7 Å². The fourth-order valence-electron chi connectivity index (χ4n) is 2.64. The molecule has 0 aliphatic carbocycles. The predicted octanol–water partition coefficient (Wildman–Crippen LogP) is 2.60. The van der Waals surface area contributed by atoms with Gasteiger partial charge in [-0.05, 0) is 42.5 Å². The normalized spacial score (nSPS) is 12.5. The van der Waals surface area contributed by atoms with Crippen molar-refractivity contribution in [2.45, 2.75) is 0 Å². The van der Waals surface area contributed by atoms with Crippen LogP contribution in [-0.2, 0) is 9.53 Å². The van der Waals surface area contributed by atoms with E-state index in [1.165, 1.54) is 24.3 Å². The molecule has 0 bridgehead atoms. The largest absolute Gasteiger partial charge is 0.452 e. The zero-order valence-corrected chi connectivity index (χ0v) is 15.4. The monoisotopic (exact) mass is 398 g/mol. The van der Waals surface area contributed by atoms with E-state index < -0.39 is 30.3 Å². The molecular weight excluding hydrogens is 384 g/mol. The lowest BCUT2D eigenvalue weighted by Crippen LogP contribution is -2.29. The molecule has 1 aliphatic rings. The minimum Gasteiger partial charge on any atom is -0.452 e. The molecule has 0 fully saturated rings. The molecule has 0 saturated heterocycles. The summed E-state index contributed by atoms with van der Waals surface area (Å²) in [6.45, 7) is 3.25. The van der Waals surface area contributed by atoms with Gasteiger partial charge in [0.05, 0.1) is 22.4 Å². The number of imide groups is 1. The lowest BCUT2D eigenvalue weighted by Gasteiger charge is -2.13. The third-order valence-electron chi connectivity index (χ3n) is 3.99. The van der Waals surface area contributed by atoms with Gasteiger partial charge in [0.15, 0.2) is 6.61 Å². The Balaban J connectivity index is 1.77. The molecule has 2 aromatic carbocycles. The van der Waals surface area contributed by atoms with E-state index in [1.54, 1.807) is 24.3 Å². The van der Waals surface area contributed by atoms with Gasteiger partial charge in [-0.1, -0.05) is 17.7 Å². The molecule has 0 unspecified atom stereocenters. The first-order valence-corrected chi connectivity index (χ1v) is 8.63. The van der Waals surface area contributed by atoms with Gasteiger partial charge in [0.1, 0.15) is 0 Å². The number of esters is 1. The Morgan fingerprint density at radius 1 is 1.07 bits per heavy atom. The molecule has 8 heteroatoms. The maximum Gasteiger partial charge on any atom is 0.338 e. The van der Waals surface area contributed by atoms with Crippen LogP contribution < -0.4 is 10.2 Å².